The van der Waals surface area contributed by atoms with Crippen LogP contribution in [0.4, 0.5) is 0 Å². The minimum Gasteiger partial charge on any atom is -0.0843 e. The first kappa shape index (κ1) is 14.8. The molecule has 1 saturated carbocycles. The third-order valence-corrected chi connectivity index (χ3v) is 5.57. The van der Waals surface area contributed by atoms with Crippen LogP contribution in [-0.4, -0.2) is 0 Å². The summed E-state index contributed by atoms with van der Waals surface area (Å²) in [6.07, 6.45) is 5.12. The topological polar surface area (TPSA) is 0 Å². The minimum atomic E-state index is 0.698. The summed E-state index contributed by atoms with van der Waals surface area (Å²) in [6.45, 7) is 0. The molecular weight excluding hydrogens is 300 g/mol. The van der Waals surface area contributed by atoms with Crippen LogP contribution in [0.2, 0.25) is 5.02 Å². The predicted octanol–water partition coefficient (Wildman–Crippen LogP) is 6.93. The molecular formula is C22H21Cl. The zero-order valence-corrected chi connectivity index (χ0v) is 14.0. The highest BCUT2D eigenvalue weighted by molar-refractivity contribution is 6.30. The fraction of sp³-hybridized carbons (Fsp3) is 0.273. The van der Waals surface area contributed by atoms with Crippen molar-refractivity contribution in [1.29, 1.82) is 0 Å². The van der Waals surface area contributed by atoms with Gasteiger partial charge in [0.2, 0.25) is 0 Å². The van der Waals surface area contributed by atoms with E-state index in [0.29, 0.717) is 11.8 Å². The predicted molar refractivity (Wildman–Crippen MR) is 99.4 cm³/mol. The Balaban J connectivity index is 1.49. The molecule has 0 amide bonds. The van der Waals surface area contributed by atoms with Gasteiger partial charge in [0, 0.05) is 5.02 Å². The van der Waals surface area contributed by atoms with Gasteiger partial charge >= 0.3 is 0 Å². The lowest BCUT2D eigenvalue weighted by Crippen LogP contribution is -2.12. The summed E-state index contributed by atoms with van der Waals surface area (Å²) < 4.78 is 0. The third kappa shape index (κ3) is 3.14. The molecule has 0 atom stereocenters. The summed E-state index contributed by atoms with van der Waals surface area (Å²) >= 11 is 6.00. The maximum absolute atomic E-state index is 6.00. The summed E-state index contributed by atoms with van der Waals surface area (Å²) in [5, 5.41) is 3.54. The molecule has 1 aliphatic rings. The van der Waals surface area contributed by atoms with Crippen molar-refractivity contribution in [2.75, 3.05) is 0 Å². The Kier molecular flexibility index (Phi) is 4.10. The molecule has 1 fully saturated rings. The van der Waals surface area contributed by atoms with Crippen LogP contribution >= 0.6 is 11.6 Å². The van der Waals surface area contributed by atoms with Crippen molar-refractivity contribution in [2.45, 2.75) is 37.5 Å². The van der Waals surface area contributed by atoms with Crippen LogP contribution in [0, 0.1) is 0 Å². The summed E-state index contributed by atoms with van der Waals surface area (Å²) in [4.78, 5) is 0. The Bertz CT molecular complexity index is 796. The molecule has 0 spiro atoms. The number of hydrogen-bond acceptors (Lipinski definition) is 0. The highest BCUT2D eigenvalue weighted by Crippen LogP contribution is 2.41. The zero-order valence-electron chi connectivity index (χ0n) is 13.2. The van der Waals surface area contributed by atoms with Gasteiger partial charge in [-0.05, 0) is 71.6 Å². The van der Waals surface area contributed by atoms with Gasteiger partial charge in [0.15, 0.2) is 0 Å². The van der Waals surface area contributed by atoms with Crippen LogP contribution in [0.15, 0.2) is 66.7 Å². The molecule has 0 N–H and O–H groups in total. The Morgan fingerprint density at radius 3 is 1.87 bits per heavy atom. The molecule has 3 aromatic carbocycles. The van der Waals surface area contributed by atoms with E-state index in [1.165, 1.54) is 47.6 Å². The lowest BCUT2D eigenvalue weighted by atomic mass is 9.76. The van der Waals surface area contributed by atoms with Crippen LogP contribution < -0.4 is 0 Å². The van der Waals surface area contributed by atoms with E-state index >= 15 is 0 Å². The Hall–Kier alpha value is -1.79. The normalized spacial score (nSPS) is 21.4. The number of hydrogen-bond donors (Lipinski definition) is 0. The van der Waals surface area contributed by atoms with Gasteiger partial charge in [-0.15, -0.1) is 0 Å². The SMILES string of the molecule is Clc1ccc([C@H]2CC[C@@H](c3ccc4ccccc4c3)CC2)cc1. The highest BCUT2D eigenvalue weighted by Gasteiger charge is 2.23. The van der Waals surface area contributed by atoms with E-state index in [1.54, 1.807) is 0 Å². The first-order valence-electron chi connectivity index (χ1n) is 8.54. The third-order valence-electron chi connectivity index (χ3n) is 5.31. The standard InChI is InChI=1S/C22H21Cl/c23-22-13-11-18(12-14-22)17-5-7-19(8-6-17)21-10-9-16-3-1-2-4-20(16)15-21/h1-4,9-15,17,19H,5-8H2/t17-,19+. The van der Waals surface area contributed by atoms with E-state index in [2.05, 4.69) is 54.6 Å². The summed E-state index contributed by atoms with van der Waals surface area (Å²) in [5.74, 6) is 1.41. The van der Waals surface area contributed by atoms with E-state index in [0.717, 1.165) is 5.02 Å². The highest BCUT2D eigenvalue weighted by atomic mass is 35.5. The van der Waals surface area contributed by atoms with Crippen molar-refractivity contribution in [2.24, 2.45) is 0 Å². The molecule has 0 saturated heterocycles. The maximum atomic E-state index is 6.00. The van der Waals surface area contributed by atoms with Crippen LogP contribution in [0.1, 0.15) is 48.6 Å². The lowest BCUT2D eigenvalue weighted by molar-refractivity contribution is 0.396. The monoisotopic (exact) mass is 320 g/mol. The molecule has 0 aromatic heterocycles. The molecule has 0 bridgehead atoms. The van der Waals surface area contributed by atoms with E-state index in [4.69, 9.17) is 11.6 Å². The van der Waals surface area contributed by atoms with E-state index in [1.807, 2.05) is 12.1 Å². The van der Waals surface area contributed by atoms with Gasteiger partial charge in [-0.25, -0.2) is 0 Å². The van der Waals surface area contributed by atoms with Crippen LogP contribution in [0.5, 0.6) is 0 Å². The average molecular weight is 321 g/mol. The molecule has 23 heavy (non-hydrogen) atoms. The maximum Gasteiger partial charge on any atom is 0.0406 e. The van der Waals surface area contributed by atoms with Crippen molar-refractivity contribution in [1.82, 2.24) is 0 Å². The van der Waals surface area contributed by atoms with E-state index in [9.17, 15) is 0 Å². The smallest absolute Gasteiger partial charge is 0.0406 e. The molecule has 0 heterocycles. The van der Waals surface area contributed by atoms with Crippen LogP contribution in [0.25, 0.3) is 10.8 Å². The van der Waals surface area contributed by atoms with Gasteiger partial charge in [0.25, 0.3) is 0 Å². The molecule has 0 unspecified atom stereocenters. The Morgan fingerprint density at radius 2 is 1.17 bits per heavy atom. The van der Waals surface area contributed by atoms with Crippen LogP contribution in [0.3, 0.4) is 0 Å². The zero-order chi connectivity index (χ0) is 15.6. The second-order valence-corrected chi connectivity index (χ2v) is 7.14. The largest absolute Gasteiger partial charge is 0.0843 e. The van der Waals surface area contributed by atoms with Gasteiger partial charge in [0.1, 0.15) is 0 Å². The summed E-state index contributed by atoms with van der Waals surface area (Å²) in [5.41, 5.74) is 2.96. The first-order chi connectivity index (χ1) is 11.3. The molecule has 1 heteroatoms. The average Bonchev–Trinajstić information content (AvgIpc) is 2.62. The van der Waals surface area contributed by atoms with Crippen molar-refractivity contribution in [3.63, 3.8) is 0 Å². The minimum absolute atomic E-state index is 0.698. The van der Waals surface area contributed by atoms with E-state index in [-0.39, 0.29) is 0 Å². The fourth-order valence-corrected chi connectivity index (χ4v) is 4.08. The van der Waals surface area contributed by atoms with E-state index < -0.39 is 0 Å². The second-order valence-electron chi connectivity index (χ2n) is 6.71. The molecule has 0 nitrogen and oxygen atoms in total. The van der Waals surface area contributed by atoms with Crippen molar-refractivity contribution < 1.29 is 0 Å². The van der Waals surface area contributed by atoms with Gasteiger partial charge in [-0.2, -0.15) is 0 Å². The van der Waals surface area contributed by atoms with Crippen molar-refractivity contribution in [3.05, 3.63) is 82.9 Å². The second kappa shape index (κ2) is 6.37. The first-order valence-corrected chi connectivity index (χ1v) is 8.91. The summed E-state index contributed by atoms with van der Waals surface area (Å²) in [7, 11) is 0. The number of halogens is 1. The molecule has 3 aromatic rings. The number of benzene rings is 3. The Labute approximate surface area is 143 Å². The van der Waals surface area contributed by atoms with Crippen molar-refractivity contribution >= 4 is 22.4 Å². The molecule has 4 rings (SSSR count). The van der Waals surface area contributed by atoms with Gasteiger partial charge < -0.3 is 0 Å². The number of fused-ring (bicyclic) bond motifs is 1. The lowest BCUT2D eigenvalue weighted by Gasteiger charge is -2.29. The van der Waals surface area contributed by atoms with Gasteiger partial charge in [-0.3, -0.25) is 0 Å². The van der Waals surface area contributed by atoms with Crippen LogP contribution in [-0.2, 0) is 0 Å². The quantitative estimate of drug-likeness (QED) is 0.480. The fourth-order valence-electron chi connectivity index (χ4n) is 3.96. The van der Waals surface area contributed by atoms with Gasteiger partial charge in [0.05, 0.1) is 0 Å². The summed E-state index contributed by atoms with van der Waals surface area (Å²) in [6, 6.07) is 24.1. The molecule has 0 radical (unpaired) electrons. The molecule has 116 valence electrons. The molecule has 0 aliphatic heterocycles. The van der Waals surface area contributed by atoms with Gasteiger partial charge in [-0.1, -0.05) is 66.2 Å². The molecule has 1 aliphatic carbocycles. The van der Waals surface area contributed by atoms with Crippen molar-refractivity contribution in [3.8, 4) is 0 Å². The Morgan fingerprint density at radius 1 is 0.609 bits per heavy atom. The number of rotatable bonds is 2.